The number of anilines is 4. The van der Waals surface area contributed by atoms with Gasteiger partial charge in [-0.2, -0.15) is 0 Å². The van der Waals surface area contributed by atoms with E-state index in [0.717, 1.165) is 22.5 Å². The minimum absolute atomic E-state index is 0.0189. The van der Waals surface area contributed by atoms with Crippen molar-refractivity contribution >= 4 is 87.9 Å². The maximum atomic E-state index is 14.1. The van der Waals surface area contributed by atoms with E-state index in [2.05, 4.69) is 26.6 Å². The number of fused-ring (bicyclic) bond motifs is 8. The number of ether oxygens (including phenoxy) is 4. The number of nitrogens with one attached hydrogen (secondary N) is 5. The first-order chi connectivity index (χ1) is 40.2. The number of hydrogen-bond acceptors (Lipinski definition) is 16. The SMILES string of the molecule is COc1cc2c(cc1OCc1cc(COc3cc4c(cc3OC)C(=O)N3c5ccccc5C[C@H]3CN4)cc(NC(=O)CNC(=O)CNC(=O)CNC(=O)C3CCC(C(=O)ON4C(=O)CCC4=O)CC3)c1)N=C[C@@H]1Cc3ccccc3N1C2=O. The Morgan fingerprint density at radius 1 is 0.614 bits per heavy atom. The van der Waals surface area contributed by atoms with E-state index >= 15 is 0 Å². The van der Waals surface area contributed by atoms with Gasteiger partial charge < -0.3 is 55.3 Å². The third-order valence-electron chi connectivity index (χ3n) is 15.5. The van der Waals surface area contributed by atoms with E-state index < -0.39 is 72.9 Å². The summed E-state index contributed by atoms with van der Waals surface area (Å²) in [5.74, 6) is -4.38. The Balaban J connectivity index is 0.728. The molecule has 0 spiro atoms. The Labute approximate surface area is 475 Å². The maximum absolute atomic E-state index is 14.1. The first-order valence-corrected chi connectivity index (χ1v) is 27.3. The van der Waals surface area contributed by atoms with Crippen LogP contribution in [0.5, 0.6) is 23.0 Å². The lowest BCUT2D eigenvalue weighted by Gasteiger charge is -2.27. The molecule has 0 unspecified atom stereocenters. The van der Waals surface area contributed by atoms with Gasteiger partial charge in [-0.25, -0.2) is 4.79 Å². The van der Waals surface area contributed by atoms with Gasteiger partial charge in [0.05, 0.1) is 74.4 Å². The van der Waals surface area contributed by atoms with Crippen molar-refractivity contribution in [1.29, 1.82) is 0 Å². The lowest BCUT2D eigenvalue weighted by molar-refractivity contribution is -0.201. The number of benzene rings is 5. The zero-order valence-electron chi connectivity index (χ0n) is 45.5. The van der Waals surface area contributed by atoms with Gasteiger partial charge in [0.2, 0.25) is 23.6 Å². The van der Waals surface area contributed by atoms with Crippen molar-refractivity contribution in [2.24, 2.45) is 16.8 Å². The Morgan fingerprint density at radius 3 is 1.84 bits per heavy atom. The van der Waals surface area contributed by atoms with E-state index in [9.17, 15) is 43.2 Å². The Morgan fingerprint density at radius 2 is 1.18 bits per heavy atom. The highest BCUT2D eigenvalue weighted by atomic mass is 16.7. The fraction of sp³-hybridized carbons (Fsp3) is 0.333. The van der Waals surface area contributed by atoms with Gasteiger partial charge in [0.1, 0.15) is 13.2 Å². The molecule has 428 valence electrons. The van der Waals surface area contributed by atoms with Crippen LogP contribution < -0.4 is 55.3 Å². The third-order valence-corrected chi connectivity index (χ3v) is 15.5. The number of para-hydroxylation sites is 2. The number of methoxy groups -OCH3 is 2. The quantitative estimate of drug-likeness (QED) is 0.0734. The zero-order valence-corrected chi connectivity index (χ0v) is 45.5. The molecule has 5 aromatic carbocycles. The molecule has 1 saturated heterocycles. The Bertz CT molecular complexity index is 3510. The number of carbonyl (C=O) groups is 9. The van der Waals surface area contributed by atoms with Gasteiger partial charge in [-0.15, -0.1) is 5.06 Å². The molecule has 0 radical (unpaired) electrons. The average Bonchev–Trinajstić information content (AvgIpc) is 3.39. The fourth-order valence-corrected chi connectivity index (χ4v) is 11.3. The van der Waals surface area contributed by atoms with Gasteiger partial charge in [-0.1, -0.05) is 36.4 Å². The van der Waals surface area contributed by atoms with Gasteiger partial charge in [0, 0.05) is 67.1 Å². The first-order valence-electron chi connectivity index (χ1n) is 27.3. The summed E-state index contributed by atoms with van der Waals surface area (Å²) in [4.78, 5) is 130. The molecule has 5 heterocycles. The monoisotopic (exact) mass is 1130 g/mol. The summed E-state index contributed by atoms with van der Waals surface area (Å²) >= 11 is 0. The van der Waals surface area contributed by atoms with E-state index in [0.29, 0.717) is 99.6 Å². The number of amides is 8. The molecule has 23 nitrogen and oxygen atoms in total. The number of aliphatic imine (C=N–C) groups is 1. The number of hydroxylamine groups is 2. The van der Waals surface area contributed by atoms with Gasteiger partial charge in [0.25, 0.3) is 23.6 Å². The molecule has 2 atom stereocenters. The molecule has 1 aliphatic carbocycles. The van der Waals surface area contributed by atoms with E-state index in [1.54, 1.807) is 47.5 Å². The predicted molar refractivity (Wildman–Crippen MR) is 300 cm³/mol. The van der Waals surface area contributed by atoms with E-state index in [-0.39, 0.29) is 62.8 Å². The molecule has 8 amide bonds. The molecule has 5 N–H and O–H groups in total. The summed E-state index contributed by atoms with van der Waals surface area (Å²) in [7, 11) is 2.96. The van der Waals surface area contributed by atoms with Crippen molar-refractivity contribution in [3.05, 3.63) is 124 Å². The molecular formula is C60H59N9O14. The molecule has 0 bridgehead atoms. The van der Waals surface area contributed by atoms with Crippen LogP contribution >= 0.6 is 0 Å². The van der Waals surface area contributed by atoms with E-state index in [1.807, 2.05) is 59.5 Å². The molecule has 5 aromatic rings. The second kappa shape index (κ2) is 23.7. The highest BCUT2D eigenvalue weighted by Crippen LogP contribution is 2.43. The Kier molecular flexibility index (Phi) is 15.8. The van der Waals surface area contributed by atoms with Crippen molar-refractivity contribution < 1.29 is 66.9 Å². The van der Waals surface area contributed by atoms with Gasteiger partial charge >= 0.3 is 5.97 Å². The van der Waals surface area contributed by atoms with Crippen LogP contribution in [0.4, 0.5) is 28.4 Å². The van der Waals surface area contributed by atoms with Crippen molar-refractivity contribution in [2.75, 3.05) is 60.8 Å². The lowest BCUT2D eigenvalue weighted by Crippen LogP contribution is -2.44. The van der Waals surface area contributed by atoms with Crippen LogP contribution in [0.1, 0.15) is 81.5 Å². The van der Waals surface area contributed by atoms with Gasteiger partial charge in [-0.3, -0.25) is 48.2 Å². The summed E-state index contributed by atoms with van der Waals surface area (Å²) in [6, 6.07) is 27.2. The van der Waals surface area contributed by atoms with Gasteiger partial charge in [-0.05, 0) is 96.8 Å². The molecular weight excluding hydrogens is 1070 g/mol. The highest BCUT2D eigenvalue weighted by Gasteiger charge is 2.40. The van der Waals surface area contributed by atoms with Crippen LogP contribution in [-0.2, 0) is 64.5 Å². The summed E-state index contributed by atoms with van der Waals surface area (Å²) in [6.07, 6.45) is 4.27. The molecule has 6 aliphatic rings. The molecule has 5 aliphatic heterocycles. The number of imide groups is 1. The number of rotatable bonds is 18. The third kappa shape index (κ3) is 11.7. The number of carbonyl (C=O) groups excluding carboxylic acids is 9. The zero-order chi connectivity index (χ0) is 57.9. The minimum Gasteiger partial charge on any atom is -0.493 e. The molecule has 1 saturated carbocycles. The largest absolute Gasteiger partial charge is 0.493 e. The van der Waals surface area contributed by atoms with Crippen LogP contribution in [0.15, 0.2) is 96.0 Å². The lowest BCUT2D eigenvalue weighted by atomic mass is 9.81. The maximum Gasteiger partial charge on any atom is 0.336 e. The summed E-state index contributed by atoms with van der Waals surface area (Å²) in [5, 5.41) is 14.2. The van der Waals surface area contributed by atoms with Crippen LogP contribution in [0, 0.1) is 11.8 Å². The average molecular weight is 1130 g/mol. The smallest absolute Gasteiger partial charge is 0.336 e. The highest BCUT2D eigenvalue weighted by molar-refractivity contribution is 6.15. The number of nitrogens with zero attached hydrogens (tertiary/aromatic N) is 4. The molecule has 83 heavy (non-hydrogen) atoms. The van der Waals surface area contributed by atoms with Crippen LogP contribution in [0.2, 0.25) is 0 Å². The van der Waals surface area contributed by atoms with Crippen LogP contribution in [0.3, 0.4) is 0 Å². The second-order valence-corrected chi connectivity index (χ2v) is 20.9. The topological polar surface area (TPSA) is 282 Å². The van der Waals surface area contributed by atoms with Gasteiger partial charge in [0.15, 0.2) is 23.0 Å². The van der Waals surface area contributed by atoms with Crippen LogP contribution in [0.25, 0.3) is 0 Å². The predicted octanol–water partition coefficient (Wildman–Crippen LogP) is 4.85. The normalized spacial score (nSPS) is 19.1. The second-order valence-electron chi connectivity index (χ2n) is 20.9. The minimum atomic E-state index is -0.705. The standard InChI is InChI=1S/C60H59N9O14/c1-79-48-22-42-44(61-26-40-20-37-7-3-5-9-46(37)67(40)58(42)76)24-50(48)81-31-33-17-34(32-82-51-25-45-43(23-49(51)80-2)59(77)68-41(27-62-45)21-38-8-4-6-10-47(38)68)19-39(18-33)66-54(72)30-64-52(70)28-63-53(71)29-65-57(75)35-11-13-36(14-12-35)60(78)83-69-55(73)15-16-56(69)74/h3-10,17-19,22-26,35-36,40-41,62H,11-16,20-21,27-32H2,1-2H3,(H,63,71)(H,64,70)(H,65,75)(H,66,72)/t35?,36?,40-,41-/m0/s1. The van der Waals surface area contributed by atoms with Crippen molar-refractivity contribution in [3.63, 3.8) is 0 Å². The van der Waals surface area contributed by atoms with Crippen molar-refractivity contribution in [2.45, 2.75) is 76.7 Å². The van der Waals surface area contributed by atoms with E-state index in [4.69, 9.17) is 28.8 Å². The Hall–Kier alpha value is -9.80. The first kappa shape index (κ1) is 55.1. The molecule has 2 fully saturated rings. The molecule has 0 aromatic heterocycles. The van der Waals surface area contributed by atoms with E-state index in [1.165, 1.54) is 14.2 Å². The summed E-state index contributed by atoms with van der Waals surface area (Å²) in [6.45, 7) is -0.977. The summed E-state index contributed by atoms with van der Waals surface area (Å²) in [5.41, 5.74) is 7.13. The fourth-order valence-electron chi connectivity index (χ4n) is 11.3. The molecule has 23 heteroatoms. The molecule has 11 rings (SSSR count). The van der Waals surface area contributed by atoms with Crippen molar-refractivity contribution in [1.82, 2.24) is 21.0 Å². The van der Waals surface area contributed by atoms with Crippen LogP contribution in [-0.4, -0.2) is 117 Å². The number of hydrogen-bond donors (Lipinski definition) is 5. The van der Waals surface area contributed by atoms with Crippen molar-refractivity contribution in [3.8, 4) is 23.0 Å². The summed E-state index contributed by atoms with van der Waals surface area (Å²) < 4.78 is 24.3.